The van der Waals surface area contributed by atoms with Gasteiger partial charge in [-0.15, -0.1) is 0 Å². The van der Waals surface area contributed by atoms with E-state index in [9.17, 15) is 4.39 Å². The zero-order chi connectivity index (χ0) is 13.2. The Morgan fingerprint density at radius 3 is 2.79 bits per heavy atom. The zero-order valence-corrected chi connectivity index (χ0v) is 10.3. The van der Waals surface area contributed by atoms with Gasteiger partial charge < -0.3 is 15.0 Å². The topological polar surface area (TPSA) is 74.2 Å². The molecule has 0 saturated carbocycles. The predicted octanol–water partition coefficient (Wildman–Crippen LogP) is 1.71. The number of hydrogen-bond acceptors (Lipinski definition) is 5. The van der Waals surface area contributed by atoms with E-state index in [4.69, 9.17) is 15.0 Å². The fourth-order valence-electron chi connectivity index (χ4n) is 2.11. The minimum absolute atomic E-state index is 0.0322. The molecule has 0 radical (unpaired) electrons. The summed E-state index contributed by atoms with van der Waals surface area (Å²) in [5.74, 6) is 0.546. The summed E-state index contributed by atoms with van der Waals surface area (Å²) in [5, 5.41) is 3.91. The van der Waals surface area contributed by atoms with Crippen molar-refractivity contribution in [3.63, 3.8) is 0 Å². The lowest BCUT2D eigenvalue weighted by Gasteiger charge is -2.25. The average Bonchev–Trinajstić information content (AvgIpc) is 2.89. The maximum absolute atomic E-state index is 12.9. The maximum atomic E-state index is 12.9. The Labute approximate surface area is 109 Å². The Morgan fingerprint density at radius 2 is 2.05 bits per heavy atom. The molecule has 1 aliphatic heterocycles. The molecule has 100 valence electrons. The number of nitrogens with zero attached hydrogens (tertiary/aromatic N) is 2. The number of benzene rings is 1. The summed E-state index contributed by atoms with van der Waals surface area (Å²) in [6.07, 6.45) is 0.777. The molecule has 2 N–H and O–H groups in total. The van der Waals surface area contributed by atoms with Crippen LogP contribution in [0.15, 0.2) is 28.8 Å². The predicted molar refractivity (Wildman–Crippen MR) is 65.8 cm³/mol. The van der Waals surface area contributed by atoms with Crippen molar-refractivity contribution in [3.8, 4) is 11.4 Å². The van der Waals surface area contributed by atoms with Gasteiger partial charge in [-0.05, 0) is 30.7 Å². The highest BCUT2D eigenvalue weighted by atomic mass is 19.1. The van der Waals surface area contributed by atoms with Crippen LogP contribution in [-0.2, 0) is 4.74 Å². The fourth-order valence-corrected chi connectivity index (χ4v) is 2.11. The third kappa shape index (κ3) is 2.50. The first-order valence-electron chi connectivity index (χ1n) is 6.17. The van der Waals surface area contributed by atoms with Crippen molar-refractivity contribution in [2.24, 2.45) is 5.73 Å². The van der Waals surface area contributed by atoms with Crippen LogP contribution >= 0.6 is 0 Å². The summed E-state index contributed by atoms with van der Waals surface area (Å²) in [6.45, 7) is 1.16. The van der Waals surface area contributed by atoms with Crippen LogP contribution in [0.2, 0.25) is 0 Å². The average molecular weight is 263 g/mol. The Bertz CT molecular complexity index is 555. The molecule has 2 unspecified atom stereocenters. The smallest absolute Gasteiger partial charge is 0.233 e. The van der Waals surface area contributed by atoms with Crippen molar-refractivity contribution in [1.29, 1.82) is 0 Å². The molecule has 1 fully saturated rings. The van der Waals surface area contributed by atoms with Gasteiger partial charge in [0.15, 0.2) is 0 Å². The molecule has 6 heteroatoms. The van der Waals surface area contributed by atoms with E-state index >= 15 is 0 Å². The fraction of sp³-hybridized carbons (Fsp3) is 0.385. The molecule has 1 aromatic carbocycles. The van der Waals surface area contributed by atoms with Gasteiger partial charge in [0, 0.05) is 18.2 Å². The maximum Gasteiger partial charge on any atom is 0.233 e. The monoisotopic (exact) mass is 263 g/mol. The molecule has 1 saturated heterocycles. The molecule has 3 rings (SSSR count). The molecule has 19 heavy (non-hydrogen) atoms. The van der Waals surface area contributed by atoms with Crippen LogP contribution in [0.4, 0.5) is 4.39 Å². The lowest BCUT2D eigenvalue weighted by molar-refractivity contribution is 0.0590. The van der Waals surface area contributed by atoms with Gasteiger partial charge in [-0.2, -0.15) is 4.98 Å². The minimum atomic E-state index is -0.296. The molecule has 0 spiro atoms. The van der Waals surface area contributed by atoms with Gasteiger partial charge in [0.25, 0.3) is 0 Å². The van der Waals surface area contributed by atoms with E-state index < -0.39 is 0 Å². The highest BCUT2D eigenvalue weighted by Gasteiger charge is 2.29. The number of hydrogen-bond donors (Lipinski definition) is 1. The van der Waals surface area contributed by atoms with Crippen LogP contribution in [-0.4, -0.2) is 29.4 Å². The van der Waals surface area contributed by atoms with Gasteiger partial charge in [0.05, 0.1) is 12.5 Å². The SMILES string of the molecule is NC1CCOCC1c1nc(-c2ccc(F)cc2)no1. The van der Waals surface area contributed by atoms with Gasteiger partial charge in [-0.25, -0.2) is 4.39 Å². The molecular formula is C13H14FN3O2. The summed E-state index contributed by atoms with van der Waals surface area (Å²) < 4.78 is 23.5. The van der Waals surface area contributed by atoms with Crippen molar-refractivity contribution < 1.29 is 13.7 Å². The second-order valence-corrected chi connectivity index (χ2v) is 4.60. The summed E-state index contributed by atoms with van der Waals surface area (Å²) in [4.78, 5) is 4.32. The first kappa shape index (κ1) is 12.3. The van der Waals surface area contributed by atoms with Crippen molar-refractivity contribution >= 4 is 0 Å². The van der Waals surface area contributed by atoms with E-state index in [1.165, 1.54) is 12.1 Å². The second-order valence-electron chi connectivity index (χ2n) is 4.60. The van der Waals surface area contributed by atoms with Crippen LogP contribution < -0.4 is 5.73 Å². The number of aromatic nitrogens is 2. The first-order chi connectivity index (χ1) is 9.24. The van der Waals surface area contributed by atoms with E-state index in [1.807, 2.05) is 0 Å². The Balaban J connectivity index is 1.84. The van der Waals surface area contributed by atoms with Gasteiger partial charge in [0.1, 0.15) is 5.82 Å². The molecular weight excluding hydrogens is 249 g/mol. The quantitative estimate of drug-likeness (QED) is 0.892. The highest BCUT2D eigenvalue weighted by molar-refractivity contribution is 5.53. The highest BCUT2D eigenvalue weighted by Crippen LogP contribution is 2.25. The molecule has 0 bridgehead atoms. The van der Waals surface area contributed by atoms with E-state index in [1.54, 1.807) is 12.1 Å². The first-order valence-corrected chi connectivity index (χ1v) is 6.17. The second kappa shape index (κ2) is 5.07. The van der Waals surface area contributed by atoms with Gasteiger partial charge >= 0.3 is 0 Å². The van der Waals surface area contributed by atoms with Crippen molar-refractivity contribution in [3.05, 3.63) is 36.0 Å². The van der Waals surface area contributed by atoms with Gasteiger partial charge in [-0.3, -0.25) is 0 Å². The number of ether oxygens (including phenoxy) is 1. The Morgan fingerprint density at radius 1 is 1.26 bits per heavy atom. The number of nitrogens with two attached hydrogens (primary N) is 1. The molecule has 1 aromatic heterocycles. The van der Waals surface area contributed by atoms with Crippen LogP contribution in [0.25, 0.3) is 11.4 Å². The van der Waals surface area contributed by atoms with E-state index in [-0.39, 0.29) is 17.8 Å². The van der Waals surface area contributed by atoms with E-state index in [0.29, 0.717) is 30.5 Å². The molecule has 5 nitrogen and oxygen atoms in total. The molecule has 2 heterocycles. The van der Waals surface area contributed by atoms with Crippen molar-refractivity contribution in [2.75, 3.05) is 13.2 Å². The lowest BCUT2D eigenvalue weighted by Crippen LogP contribution is -2.37. The third-order valence-corrected chi connectivity index (χ3v) is 3.27. The van der Waals surface area contributed by atoms with Crippen LogP contribution in [0.3, 0.4) is 0 Å². The molecule has 1 aliphatic rings. The molecule has 2 aromatic rings. The van der Waals surface area contributed by atoms with Crippen molar-refractivity contribution in [1.82, 2.24) is 10.1 Å². The Kier molecular flexibility index (Phi) is 3.27. The van der Waals surface area contributed by atoms with Crippen LogP contribution in [0.5, 0.6) is 0 Å². The largest absolute Gasteiger partial charge is 0.381 e. The number of halogens is 1. The summed E-state index contributed by atoms with van der Waals surface area (Å²) in [5.41, 5.74) is 6.73. The zero-order valence-electron chi connectivity index (χ0n) is 10.3. The van der Waals surface area contributed by atoms with Crippen LogP contribution in [0, 0.1) is 5.82 Å². The van der Waals surface area contributed by atoms with Crippen molar-refractivity contribution in [2.45, 2.75) is 18.4 Å². The summed E-state index contributed by atoms with van der Waals surface area (Å²) >= 11 is 0. The van der Waals surface area contributed by atoms with E-state index in [0.717, 1.165) is 6.42 Å². The normalized spacial score (nSPS) is 23.5. The van der Waals surface area contributed by atoms with Crippen LogP contribution in [0.1, 0.15) is 18.2 Å². The minimum Gasteiger partial charge on any atom is -0.381 e. The summed E-state index contributed by atoms with van der Waals surface area (Å²) in [6, 6.07) is 5.92. The molecule has 0 aliphatic carbocycles. The standard InChI is InChI=1S/C13H14FN3O2/c14-9-3-1-8(2-4-9)12-16-13(19-17-12)10-7-18-6-5-11(10)15/h1-4,10-11H,5-7,15H2. The molecule has 0 amide bonds. The van der Waals surface area contributed by atoms with E-state index in [2.05, 4.69) is 10.1 Å². The summed E-state index contributed by atoms with van der Waals surface area (Å²) in [7, 11) is 0. The lowest BCUT2D eigenvalue weighted by atomic mass is 9.97. The van der Waals surface area contributed by atoms with Gasteiger partial charge in [-0.1, -0.05) is 5.16 Å². The number of rotatable bonds is 2. The van der Waals surface area contributed by atoms with Gasteiger partial charge in [0.2, 0.25) is 11.7 Å². The molecule has 2 atom stereocenters. The third-order valence-electron chi connectivity index (χ3n) is 3.27. The Hall–Kier alpha value is -1.79.